The molecule has 0 saturated carbocycles. The van der Waals surface area contributed by atoms with Gasteiger partial charge in [0.05, 0.1) is 6.04 Å². The van der Waals surface area contributed by atoms with Crippen LogP contribution in [0.2, 0.25) is 0 Å². The molecule has 0 spiro atoms. The van der Waals surface area contributed by atoms with E-state index in [1.54, 1.807) is 22.3 Å². The molecule has 0 amide bonds. The number of rotatable bonds is 3. The third-order valence-corrected chi connectivity index (χ3v) is 6.86. The Morgan fingerprint density at radius 2 is 1.29 bits per heavy atom. The van der Waals surface area contributed by atoms with E-state index in [2.05, 4.69) is 58.2 Å². The lowest BCUT2D eigenvalue weighted by molar-refractivity contribution is -0.274. The number of nitrogens with two attached hydrogens (primary N) is 1. The van der Waals surface area contributed by atoms with E-state index < -0.39 is 6.36 Å². The molecule has 7 heteroatoms. The lowest BCUT2D eigenvalue weighted by Gasteiger charge is -2.36. The van der Waals surface area contributed by atoms with Crippen LogP contribution >= 0.6 is 11.9 Å². The zero-order valence-corrected chi connectivity index (χ0v) is 19.7. The van der Waals surface area contributed by atoms with E-state index in [9.17, 15) is 13.2 Å². The second-order valence-electron chi connectivity index (χ2n) is 8.53. The van der Waals surface area contributed by atoms with Crippen molar-refractivity contribution >= 4 is 11.9 Å². The first kappa shape index (κ1) is 24.6. The molecular formula is C27H29F3N2OS. The van der Waals surface area contributed by atoms with Crippen molar-refractivity contribution in [2.75, 3.05) is 13.1 Å². The molecule has 0 bridgehead atoms. The maximum absolute atomic E-state index is 11.7. The number of halogens is 3. The number of ether oxygens (including phenoxy) is 1. The predicted octanol–water partition coefficient (Wildman–Crippen LogP) is 6.91. The van der Waals surface area contributed by atoms with E-state index >= 15 is 0 Å². The highest BCUT2D eigenvalue weighted by atomic mass is 32.2. The van der Waals surface area contributed by atoms with E-state index in [1.807, 2.05) is 0 Å². The van der Waals surface area contributed by atoms with Crippen molar-refractivity contribution in [3.8, 4) is 5.75 Å². The summed E-state index contributed by atoms with van der Waals surface area (Å²) >= 11 is 0.959. The fourth-order valence-electron chi connectivity index (χ4n) is 4.78. The molecule has 34 heavy (non-hydrogen) atoms. The molecule has 1 heterocycles. The summed E-state index contributed by atoms with van der Waals surface area (Å²) in [6, 6.07) is 24.0. The maximum atomic E-state index is 11.7. The molecule has 0 radical (unpaired) electrons. The number of nitrogens with zero attached hydrogens (tertiary/aromatic N) is 1. The molecule has 3 aromatic rings. The molecule has 180 valence electrons. The second-order valence-corrected chi connectivity index (χ2v) is 9.24. The first-order valence-electron chi connectivity index (χ1n) is 11.6. The second kappa shape index (κ2) is 11.3. The van der Waals surface area contributed by atoms with Crippen LogP contribution in [0.5, 0.6) is 5.75 Å². The summed E-state index contributed by atoms with van der Waals surface area (Å²) in [6.45, 7) is 2.49. The normalized spacial score (nSPS) is 16.5. The molecule has 3 aromatic carbocycles. The lowest BCUT2D eigenvalue weighted by atomic mass is 9.92. The fraction of sp³-hybridized carbons (Fsp3) is 0.333. The van der Waals surface area contributed by atoms with E-state index in [-0.39, 0.29) is 5.75 Å². The highest BCUT2D eigenvalue weighted by Gasteiger charge is 2.31. The summed E-state index contributed by atoms with van der Waals surface area (Å²) in [5, 5.41) is 5.18. The summed E-state index contributed by atoms with van der Waals surface area (Å²) in [5.41, 5.74) is 6.18. The number of benzene rings is 3. The average Bonchev–Trinajstić information content (AvgIpc) is 3.01. The van der Waals surface area contributed by atoms with Crippen LogP contribution in [-0.2, 0) is 12.8 Å². The minimum absolute atomic E-state index is 0.245. The van der Waals surface area contributed by atoms with E-state index in [4.69, 9.17) is 5.14 Å². The Morgan fingerprint density at radius 1 is 0.765 bits per heavy atom. The Morgan fingerprint density at radius 3 is 1.79 bits per heavy atom. The minimum Gasteiger partial charge on any atom is -0.406 e. The molecular weight excluding hydrogens is 457 g/mol. The Hall–Kier alpha value is -2.48. The van der Waals surface area contributed by atoms with Crippen molar-refractivity contribution in [3.05, 3.63) is 95.1 Å². The molecule has 3 nitrogen and oxygen atoms in total. The number of hydrogen-bond acceptors (Lipinski definition) is 4. The molecule has 1 aliphatic heterocycles. The van der Waals surface area contributed by atoms with Crippen LogP contribution in [0.15, 0.2) is 77.7 Å². The van der Waals surface area contributed by atoms with E-state index in [1.165, 1.54) is 69.5 Å². The number of aryl methyl sites for hydroxylation is 2. The van der Waals surface area contributed by atoms with Crippen molar-refractivity contribution in [2.24, 2.45) is 5.14 Å². The van der Waals surface area contributed by atoms with E-state index in [0.29, 0.717) is 10.9 Å². The maximum Gasteiger partial charge on any atom is 0.573 e. The van der Waals surface area contributed by atoms with Crippen LogP contribution in [0, 0.1) is 0 Å². The first-order chi connectivity index (χ1) is 16.4. The molecule has 0 aromatic heterocycles. The van der Waals surface area contributed by atoms with Crippen molar-refractivity contribution in [1.29, 1.82) is 0 Å². The van der Waals surface area contributed by atoms with Gasteiger partial charge in [-0.2, -0.15) is 0 Å². The molecule has 1 aliphatic carbocycles. The molecule has 2 aliphatic rings. The van der Waals surface area contributed by atoms with Gasteiger partial charge in [0.15, 0.2) is 0 Å². The Labute approximate surface area is 203 Å². The summed E-state index contributed by atoms with van der Waals surface area (Å²) in [7, 11) is 0. The van der Waals surface area contributed by atoms with Crippen molar-refractivity contribution in [3.63, 3.8) is 0 Å². The smallest absolute Gasteiger partial charge is 0.406 e. The van der Waals surface area contributed by atoms with Gasteiger partial charge in [-0.25, -0.2) is 0 Å². The molecule has 1 saturated heterocycles. The number of piperidine rings is 1. The zero-order valence-electron chi connectivity index (χ0n) is 18.9. The number of hydrogen-bond donors (Lipinski definition) is 1. The van der Waals surface area contributed by atoms with Crippen molar-refractivity contribution < 1.29 is 17.9 Å². The highest BCUT2D eigenvalue weighted by Crippen LogP contribution is 2.37. The van der Waals surface area contributed by atoms with Crippen LogP contribution in [0.25, 0.3) is 0 Å². The van der Waals surface area contributed by atoms with Crippen LogP contribution in [0.3, 0.4) is 0 Å². The number of fused-ring (bicyclic) bond motifs is 2. The van der Waals surface area contributed by atoms with Gasteiger partial charge in [0.1, 0.15) is 5.75 Å². The fourth-order valence-corrected chi connectivity index (χ4v) is 5.08. The lowest BCUT2D eigenvalue weighted by Crippen LogP contribution is -2.34. The number of alkyl halides is 3. The van der Waals surface area contributed by atoms with Crippen LogP contribution < -0.4 is 9.88 Å². The van der Waals surface area contributed by atoms with Crippen LogP contribution in [0.1, 0.15) is 47.6 Å². The van der Waals surface area contributed by atoms with Gasteiger partial charge in [-0.1, -0.05) is 55.0 Å². The SMILES string of the molecule is NSc1ccc(OC(F)(F)F)cc1.c1ccc2c(c1)CCc1ccccc1C2N1CCCCC1. The predicted molar refractivity (Wildman–Crippen MR) is 131 cm³/mol. The molecule has 2 N–H and O–H groups in total. The third kappa shape index (κ3) is 6.34. The van der Waals surface area contributed by atoms with Gasteiger partial charge >= 0.3 is 6.36 Å². The van der Waals surface area contributed by atoms with Gasteiger partial charge in [-0.15, -0.1) is 13.2 Å². The summed E-state index contributed by atoms with van der Waals surface area (Å²) in [4.78, 5) is 3.39. The third-order valence-electron chi connectivity index (χ3n) is 6.31. The minimum atomic E-state index is -4.64. The largest absolute Gasteiger partial charge is 0.573 e. The zero-order chi connectivity index (χ0) is 24.0. The topological polar surface area (TPSA) is 38.5 Å². The van der Waals surface area contributed by atoms with Crippen LogP contribution in [0.4, 0.5) is 13.2 Å². The summed E-state index contributed by atoms with van der Waals surface area (Å²) in [6.07, 6.45) is 1.81. The molecule has 0 unspecified atom stereocenters. The van der Waals surface area contributed by atoms with Gasteiger partial charge in [0, 0.05) is 4.90 Å². The molecule has 5 rings (SSSR count). The molecule has 1 fully saturated rings. The monoisotopic (exact) mass is 486 g/mol. The van der Waals surface area contributed by atoms with Gasteiger partial charge in [-0.05, 0) is 97.2 Å². The van der Waals surface area contributed by atoms with Crippen molar-refractivity contribution in [1.82, 2.24) is 4.90 Å². The number of likely N-dealkylation sites (tertiary alicyclic amines) is 1. The van der Waals surface area contributed by atoms with Crippen LogP contribution in [-0.4, -0.2) is 24.4 Å². The molecule has 0 atom stereocenters. The van der Waals surface area contributed by atoms with E-state index in [0.717, 1.165) is 11.9 Å². The standard InChI is InChI=1S/C20H23N.C7H6F3NOS/c1-6-14-21(15-7-1)20-18-10-4-2-8-16(18)12-13-17-9-3-5-11-19(17)20;8-7(9,10)12-5-1-3-6(13-11)4-2-5/h2-5,8-11,20H,1,6-7,12-15H2;1-4H,11H2. The Bertz CT molecular complexity index is 1020. The van der Waals surface area contributed by atoms with Gasteiger partial charge in [-0.3, -0.25) is 10.0 Å². The quantitative estimate of drug-likeness (QED) is 0.408. The highest BCUT2D eigenvalue weighted by molar-refractivity contribution is 7.97. The van der Waals surface area contributed by atoms with Gasteiger partial charge in [0.2, 0.25) is 0 Å². The van der Waals surface area contributed by atoms with Gasteiger partial charge < -0.3 is 4.74 Å². The summed E-state index contributed by atoms with van der Waals surface area (Å²) in [5.74, 6) is -0.245. The van der Waals surface area contributed by atoms with Gasteiger partial charge in [0.25, 0.3) is 0 Å². The first-order valence-corrected chi connectivity index (χ1v) is 12.4. The Kier molecular flexibility index (Phi) is 8.19. The Balaban J connectivity index is 0.000000182. The summed E-state index contributed by atoms with van der Waals surface area (Å²) < 4.78 is 38.7. The van der Waals surface area contributed by atoms with Crippen molar-refractivity contribution in [2.45, 2.75) is 49.4 Å². The average molecular weight is 487 g/mol.